The lowest BCUT2D eigenvalue weighted by Crippen LogP contribution is -2.34. The molecule has 3 nitrogen and oxygen atoms in total. The van der Waals surface area contributed by atoms with Gasteiger partial charge < -0.3 is 10.1 Å². The minimum absolute atomic E-state index is 0.321. The van der Waals surface area contributed by atoms with Crippen LogP contribution in [-0.4, -0.2) is 24.2 Å². The monoisotopic (exact) mass is 306 g/mol. The largest absolute Gasteiger partial charge is 0.489 e. The molecule has 0 spiro atoms. The highest BCUT2D eigenvalue weighted by atomic mass is 79.9. The van der Waals surface area contributed by atoms with Gasteiger partial charge in [-0.3, -0.25) is 4.98 Å². The van der Waals surface area contributed by atoms with E-state index < -0.39 is 0 Å². The minimum Gasteiger partial charge on any atom is -0.489 e. The molecule has 0 bridgehead atoms. The normalized spacial score (nSPS) is 16.9. The molecule has 1 fully saturated rings. The number of hydrogen-bond acceptors (Lipinski definition) is 3. The number of halogens is 1. The molecule has 2 aromatic rings. The Labute approximate surface area is 115 Å². The number of pyridine rings is 1. The first-order valence-corrected chi connectivity index (χ1v) is 7.03. The topological polar surface area (TPSA) is 34.1 Å². The van der Waals surface area contributed by atoms with Gasteiger partial charge in [0.05, 0.1) is 4.47 Å². The van der Waals surface area contributed by atoms with Gasteiger partial charge in [-0.2, -0.15) is 0 Å². The average molecular weight is 307 g/mol. The summed E-state index contributed by atoms with van der Waals surface area (Å²) in [7, 11) is 0. The van der Waals surface area contributed by atoms with Crippen LogP contribution in [0, 0.1) is 0 Å². The highest BCUT2D eigenvalue weighted by Crippen LogP contribution is 2.31. The summed E-state index contributed by atoms with van der Waals surface area (Å²) < 4.78 is 7.09. The minimum atomic E-state index is 0.321. The van der Waals surface area contributed by atoms with Crippen LogP contribution in [0.1, 0.15) is 12.8 Å². The molecule has 0 atom stereocenters. The Morgan fingerprint density at radius 2 is 2.06 bits per heavy atom. The maximum Gasteiger partial charge on any atom is 0.134 e. The van der Waals surface area contributed by atoms with Crippen molar-refractivity contribution < 1.29 is 4.74 Å². The molecular weight excluding hydrogens is 292 g/mol. The van der Waals surface area contributed by atoms with Crippen LogP contribution in [0.2, 0.25) is 0 Å². The molecule has 0 amide bonds. The summed E-state index contributed by atoms with van der Waals surface area (Å²) >= 11 is 3.58. The quantitative estimate of drug-likeness (QED) is 0.925. The molecule has 18 heavy (non-hydrogen) atoms. The summed E-state index contributed by atoms with van der Waals surface area (Å²) in [6.45, 7) is 2.08. The molecular formula is C14H15BrN2O. The SMILES string of the molecule is Brc1cc2cnccc2cc1OC1CCNCC1. The third kappa shape index (κ3) is 2.49. The summed E-state index contributed by atoms with van der Waals surface area (Å²) in [5.74, 6) is 0.931. The van der Waals surface area contributed by atoms with E-state index >= 15 is 0 Å². The van der Waals surface area contributed by atoms with E-state index in [1.54, 1.807) is 0 Å². The number of fused-ring (bicyclic) bond motifs is 1. The van der Waals surface area contributed by atoms with Crippen molar-refractivity contribution in [2.24, 2.45) is 0 Å². The standard InChI is InChI=1S/C14H15BrN2O/c15-13-7-11-9-17-4-1-10(11)8-14(13)18-12-2-5-16-6-3-12/h1,4,7-9,12,16H,2-3,5-6H2. The van der Waals surface area contributed by atoms with Gasteiger partial charge in [0.15, 0.2) is 0 Å². The Morgan fingerprint density at radius 3 is 2.89 bits per heavy atom. The van der Waals surface area contributed by atoms with Crippen LogP contribution in [-0.2, 0) is 0 Å². The average Bonchev–Trinajstić information content (AvgIpc) is 2.41. The molecule has 0 radical (unpaired) electrons. The number of rotatable bonds is 2. The number of hydrogen-bond donors (Lipinski definition) is 1. The van der Waals surface area contributed by atoms with Crippen LogP contribution >= 0.6 is 15.9 Å². The predicted molar refractivity (Wildman–Crippen MR) is 76.0 cm³/mol. The number of piperidine rings is 1. The lowest BCUT2D eigenvalue weighted by molar-refractivity contribution is 0.161. The molecule has 1 aliphatic rings. The van der Waals surface area contributed by atoms with Crippen LogP contribution in [0.15, 0.2) is 35.1 Å². The summed E-state index contributed by atoms with van der Waals surface area (Å²) in [6.07, 6.45) is 6.14. The number of nitrogens with zero attached hydrogens (tertiary/aromatic N) is 1. The Bertz CT molecular complexity index is 552. The highest BCUT2D eigenvalue weighted by molar-refractivity contribution is 9.10. The first kappa shape index (κ1) is 11.9. The van der Waals surface area contributed by atoms with Gasteiger partial charge in [0.1, 0.15) is 11.9 Å². The molecule has 4 heteroatoms. The van der Waals surface area contributed by atoms with Crippen molar-refractivity contribution in [3.63, 3.8) is 0 Å². The molecule has 1 aromatic heterocycles. The van der Waals surface area contributed by atoms with Crippen LogP contribution in [0.3, 0.4) is 0 Å². The summed E-state index contributed by atoms with van der Waals surface area (Å²) in [4.78, 5) is 4.13. The van der Waals surface area contributed by atoms with Crippen LogP contribution in [0.5, 0.6) is 5.75 Å². The Balaban J connectivity index is 1.88. The van der Waals surface area contributed by atoms with Crippen molar-refractivity contribution in [1.29, 1.82) is 0 Å². The molecule has 1 aliphatic heterocycles. The van der Waals surface area contributed by atoms with E-state index in [9.17, 15) is 0 Å². The van der Waals surface area contributed by atoms with Gasteiger partial charge in [-0.15, -0.1) is 0 Å². The second kappa shape index (κ2) is 5.24. The van der Waals surface area contributed by atoms with Crippen molar-refractivity contribution in [2.45, 2.75) is 18.9 Å². The van der Waals surface area contributed by atoms with Crippen molar-refractivity contribution in [3.05, 3.63) is 35.1 Å². The van der Waals surface area contributed by atoms with Gasteiger partial charge >= 0.3 is 0 Å². The Kier molecular flexibility index (Phi) is 3.48. The molecule has 1 aromatic carbocycles. The summed E-state index contributed by atoms with van der Waals surface area (Å²) in [6, 6.07) is 6.17. The lowest BCUT2D eigenvalue weighted by atomic mass is 10.1. The molecule has 0 saturated carbocycles. The van der Waals surface area contributed by atoms with E-state index in [1.807, 2.05) is 18.5 Å². The van der Waals surface area contributed by atoms with Crippen molar-refractivity contribution in [3.8, 4) is 5.75 Å². The summed E-state index contributed by atoms with van der Waals surface area (Å²) in [5, 5.41) is 5.64. The fraction of sp³-hybridized carbons (Fsp3) is 0.357. The van der Waals surface area contributed by atoms with Crippen LogP contribution in [0.4, 0.5) is 0 Å². The molecule has 0 aliphatic carbocycles. The molecule has 1 N–H and O–H groups in total. The van der Waals surface area contributed by atoms with E-state index in [0.29, 0.717) is 6.10 Å². The second-order valence-corrected chi connectivity index (χ2v) is 5.43. The highest BCUT2D eigenvalue weighted by Gasteiger charge is 2.16. The van der Waals surface area contributed by atoms with Crippen LogP contribution < -0.4 is 10.1 Å². The first-order valence-electron chi connectivity index (χ1n) is 6.23. The number of ether oxygens (including phenoxy) is 1. The Hall–Kier alpha value is -1.13. The number of benzene rings is 1. The smallest absolute Gasteiger partial charge is 0.134 e. The van der Waals surface area contributed by atoms with Crippen LogP contribution in [0.25, 0.3) is 10.8 Å². The maximum absolute atomic E-state index is 6.09. The predicted octanol–water partition coefficient (Wildman–Crippen LogP) is 3.13. The zero-order chi connectivity index (χ0) is 12.4. The second-order valence-electron chi connectivity index (χ2n) is 4.57. The fourth-order valence-electron chi connectivity index (χ4n) is 2.27. The van der Waals surface area contributed by atoms with Gasteiger partial charge in [-0.05, 0) is 65.4 Å². The zero-order valence-corrected chi connectivity index (χ0v) is 11.6. The zero-order valence-electron chi connectivity index (χ0n) is 10.0. The van der Waals surface area contributed by atoms with Gasteiger partial charge in [0.25, 0.3) is 0 Å². The van der Waals surface area contributed by atoms with Gasteiger partial charge in [0.2, 0.25) is 0 Å². The lowest BCUT2D eigenvalue weighted by Gasteiger charge is -2.24. The Morgan fingerprint density at radius 1 is 1.22 bits per heavy atom. The molecule has 1 saturated heterocycles. The maximum atomic E-state index is 6.09. The van der Waals surface area contributed by atoms with E-state index in [2.05, 4.69) is 38.4 Å². The van der Waals surface area contributed by atoms with Crippen molar-refractivity contribution in [2.75, 3.05) is 13.1 Å². The number of aromatic nitrogens is 1. The molecule has 94 valence electrons. The molecule has 3 rings (SSSR count). The van der Waals surface area contributed by atoms with Crippen molar-refractivity contribution in [1.82, 2.24) is 10.3 Å². The fourth-order valence-corrected chi connectivity index (χ4v) is 2.73. The van der Waals surface area contributed by atoms with E-state index in [0.717, 1.165) is 46.9 Å². The molecule has 0 unspecified atom stereocenters. The van der Waals surface area contributed by atoms with Gasteiger partial charge in [-0.1, -0.05) is 0 Å². The van der Waals surface area contributed by atoms with Gasteiger partial charge in [0, 0.05) is 17.8 Å². The van der Waals surface area contributed by atoms with Crippen molar-refractivity contribution >= 4 is 26.7 Å². The van der Waals surface area contributed by atoms with Gasteiger partial charge in [-0.25, -0.2) is 0 Å². The molecule has 2 heterocycles. The van der Waals surface area contributed by atoms with E-state index in [4.69, 9.17) is 4.74 Å². The first-order chi connectivity index (χ1) is 8.83. The van der Waals surface area contributed by atoms with E-state index in [1.165, 1.54) is 0 Å². The number of nitrogens with one attached hydrogen (secondary N) is 1. The third-order valence-corrected chi connectivity index (χ3v) is 3.89. The third-order valence-electron chi connectivity index (χ3n) is 3.27. The summed E-state index contributed by atoms with van der Waals surface area (Å²) in [5.41, 5.74) is 0. The van der Waals surface area contributed by atoms with E-state index in [-0.39, 0.29) is 0 Å².